The van der Waals surface area contributed by atoms with E-state index in [0.29, 0.717) is 24.3 Å². The molecule has 124 valence electrons. The summed E-state index contributed by atoms with van der Waals surface area (Å²) in [4.78, 5) is 64.4. The second-order valence-electron chi connectivity index (χ2n) is 3.78. The lowest BCUT2D eigenvalue weighted by Gasteiger charge is -2.01. The van der Waals surface area contributed by atoms with Crippen molar-refractivity contribution in [1.82, 2.24) is 0 Å². The fourth-order valence-electron chi connectivity index (χ4n) is 1.05. The van der Waals surface area contributed by atoms with E-state index in [9.17, 15) is 28.8 Å². The summed E-state index contributed by atoms with van der Waals surface area (Å²) in [5, 5.41) is 16.5. The molecule has 0 saturated heterocycles. The van der Waals surface area contributed by atoms with Gasteiger partial charge < -0.3 is 19.7 Å². The average Bonchev–Trinajstić information content (AvgIpc) is 2.42. The molecule has 0 amide bonds. The minimum Gasteiger partial charge on any atom is -0.478 e. The van der Waals surface area contributed by atoms with E-state index in [2.05, 4.69) is 9.47 Å². The van der Waals surface area contributed by atoms with Crippen LogP contribution < -0.4 is 0 Å². The first kappa shape index (κ1) is 19.7. The molecule has 0 aliphatic carbocycles. The highest BCUT2D eigenvalue weighted by Gasteiger charge is 2.12. The largest absolute Gasteiger partial charge is 0.478 e. The Morgan fingerprint density at radius 2 is 1.00 bits per heavy atom. The Hall–Kier alpha value is -3.30. The van der Waals surface area contributed by atoms with Gasteiger partial charge in [0.2, 0.25) is 0 Å². The Kier molecular flexibility index (Phi) is 8.93. The maximum absolute atomic E-state index is 11.2. The van der Waals surface area contributed by atoms with Gasteiger partial charge in [0.05, 0.1) is 0 Å². The Bertz CT molecular complexity index is 519. The highest BCUT2D eigenvalue weighted by molar-refractivity contribution is 5.97. The lowest BCUT2D eigenvalue weighted by atomic mass is 10.2. The predicted octanol–water partition coefficient (Wildman–Crippen LogP) is -0.422. The molecule has 0 aliphatic heterocycles. The number of carboxylic acid groups (broad SMARTS) is 2. The highest BCUT2D eigenvalue weighted by Crippen LogP contribution is 2.01. The Balaban J connectivity index is 4.01. The van der Waals surface area contributed by atoms with Crippen LogP contribution >= 0.6 is 0 Å². The Morgan fingerprint density at radius 1 is 0.652 bits per heavy atom. The number of aliphatic carboxylic acids is 2. The lowest BCUT2D eigenvalue weighted by Crippen LogP contribution is -2.13. The quantitative estimate of drug-likeness (QED) is 0.340. The molecule has 0 aliphatic rings. The van der Waals surface area contributed by atoms with E-state index in [0.717, 1.165) is 0 Å². The molecule has 23 heavy (non-hydrogen) atoms. The van der Waals surface area contributed by atoms with Crippen molar-refractivity contribution in [1.29, 1.82) is 0 Å². The predicted molar refractivity (Wildman–Crippen MR) is 69.6 cm³/mol. The SMILES string of the molecule is O=C(O)/C=C/C(=O)OC(=O)CCCC(=O)OC(=O)/C=C/C(=O)O. The van der Waals surface area contributed by atoms with E-state index in [1.807, 2.05) is 0 Å². The third-order valence-electron chi connectivity index (χ3n) is 1.91. The Morgan fingerprint density at radius 3 is 1.30 bits per heavy atom. The maximum atomic E-state index is 11.2. The molecule has 0 bridgehead atoms. The van der Waals surface area contributed by atoms with E-state index >= 15 is 0 Å². The maximum Gasteiger partial charge on any atom is 0.338 e. The van der Waals surface area contributed by atoms with Crippen molar-refractivity contribution < 1.29 is 48.5 Å². The average molecular weight is 328 g/mol. The first-order chi connectivity index (χ1) is 10.7. The second-order valence-corrected chi connectivity index (χ2v) is 3.78. The smallest absolute Gasteiger partial charge is 0.338 e. The van der Waals surface area contributed by atoms with Crippen LogP contribution in [0.3, 0.4) is 0 Å². The second kappa shape index (κ2) is 10.4. The highest BCUT2D eigenvalue weighted by atomic mass is 16.6. The van der Waals surface area contributed by atoms with Crippen molar-refractivity contribution in [3.8, 4) is 0 Å². The van der Waals surface area contributed by atoms with Gasteiger partial charge in [-0.25, -0.2) is 19.2 Å². The van der Waals surface area contributed by atoms with Gasteiger partial charge in [0.1, 0.15) is 0 Å². The van der Waals surface area contributed by atoms with Crippen LogP contribution in [0.15, 0.2) is 24.3 Å². The molecule has 0 unspecified atom stereocenters. The van der Waals surface area contributed by atoms with Crippen molar-refractivity contribution >= 4 is 35.8 Å². The molecule has 0 aromatic rings. The molecule has 10 nitrogen and oxygen atoms in total. The van der Waals surface area contributed by atoms with Crippen molar-refractivity contribution in [2.24, 2.45) is 0 Å². The van der Waals surface area contributed by atoms with E-state index in [-0.39, 0.29) is 19.3 Å². The third kappa shape index (κ3) is 12.2. The van der Waals surface area contributed by atoms with Gasteiger partial charge in [-0.3, -0.25) is 9.59 Å². The first-order valence-electron chi connectivity index (χ1n) is 6.02. The summed E-state index contributed by atoms with van der Waals surface area (Å²) in [6.07, 6.45) is 1.28. The normalized spacial score (nSPS) is 10.4. The third-order valence-corrected chi connectivity index (χ3v) is 1.91. The summed E-state index contributed by atoms with van der Waals surface area (Å²) < 4.78 is 8.41. The van der Waals surface area contributed by atoms with Gasteiger partial charge in [0, 0.05) is 37.1 Å². The van der Waals surface area contributed by atoms with Gasteiger partial charge in [0.15, 0.2) is 0 Å². The zero-order valence-corrected chi connectivity index (χ0v) is 11.6. The van der Waals surface area contributed by atoms with Crippen molar-refractivity contribution in [3.63, 3.8) is 0 Å². The summed E-state index contributed by atoms with van der Waals surface area (Å²) >= 11 is 0. The minimum atomic E-state index is -1.39. The zero-order chi connectivity index (χ0) is 17.8. The summed E-state index contributed by atoms with van der Waals surface area (Å²) in [6, 6.07) is 0. The van der Waals surface area contributed by atoms with Crippen molar-refractivity contribution in [3.05, 3.63) is 24.3 Å². The van der Waals surface area contributed by atoms with E-state index in [4.69, 9.17) is 10.2 Å². The molecule has 0 aromatic heterocycles. The Labute approximate surface area is 129 Å². The summed E-state index contributed by atoms with van der Waals surface area (Å²) in [5.41, 5.74) is 0. The number of carbonyl (C=O) groups is 6. The number of carboxylic acids is 2. The van der Waals surface area contributed by atoms with Gasteiger partial charge in [-0.1, -0.05) is 0 Å². The molecule has 0 radical (unpaired) electrons. The van der Waals surface area contributed by atoms with Crippen molar-refractivity contribution in [2.45, 2.75) is 19.3 Å². The number of ether oxygens (including phenoxy) is 2. The number of hydrogen-bond acceptors (Lipinski definition) is 8. The first-order valence-corrected chi connectivity index (χ1v) is 6.02. The number of hydrogen-bond donors (Lipinski definition) is 2. The van der Waals surface area contributed by atoms with Gasteiger partial charge >= 0.3 is 35.8 Å². The molecule has 0 spiro atoms. The monoisotopic (exact) mass is 328 g/mol. The standard InChI is InChI=1S/C13H12O10/c14-8(15)4-6-12(20)22-10(18)2-1-3-11(19)23-13(21)7-5-9(16)17/h4-7H,1-3H2,(H,14,15)(H,16,17)/b6-4+,7-5+. The minimum absolute atomic E-state index is 0.0937. The van der Waals surface area contributed by atoms with Crippen LogP contribution in [0.1, 0.15) is 19.3 Å². The van der Waals surface area contributed by atoms with Crippen LogP contribution in [-0.4, -0.2) is 46.0 Å². The molecule has 0 fully saturated rings. The van der Waals surface area contributed by atoms with Gasteiger partial charge in [-0.05, 0) is 6.42 Å². The molecule has 0 saturated carbocycles. The molecular formula is C13H12O10. The number of carbonyl (C=O) groups excluding carboxylic acids is 4. The van der Waals surface area contributed by atoms with Crippen LogP contribution in [0, 0.1) is 0 Å². The molecule has 0 heterocycles. The van der Waals surface area contributed by atoms with Crippen molar-refractivity contribution in [2.75, 3.05) is 0 Å². The molecule has 0 atom stereocenters. The van der Waals surface area contributed by atoms with Crippen LogP contribution in [0.4, 0.5) is 0 Å². The summed E-state index contributed by atoms with van der Waals surface area (Å²) in [6.45, 7) is 0. The molecule has 2 N–H and O–H groups in total. The fourth-order valence-corrected chi connectivity index (χ4v) is 1.05. The number of esters is 4. The van der Waals surface area contributed by atoms with E-state index < -0.39 is 35.8 Å². The number of rotatable bonds is 8. The topological polar surface area (TPSA) is 161 Å². The van der Waals surface area contributed by atoms with Crippen LogP contribution in [0.25, 0.3) is 0 Å². The van der Waals surface area contributed by atoms with E-state index in [1.165, 1.54) is 0 Å². The van der Waals surface area contributed by atoms with Gasteiger partial charge in [0.25, 0.3) is 0 Å². The van der Waals surface area contributed by atoms with E-state index in [1.54, 1.807) is 0 Å². The van der Waals surface area contributed by atoms with Gasteiger partial charge in [-0.15, -0.1) is 0 Å². The van der Waals surface area contributed by atoms with Crippen LogP contribution in [0.5, 0.6) is 0 Å². The van der Waals surface area contributed by atoms with Crippen LogP contribution in [0.2, 0.25) is 0 Å². The summed E-state index contributed by atoms with van der Waals surface area (Å²) in [5.74, 6) is -7.11. The fraction of sp³-hybridized carbons (Fsp3) is 0.231. The zero-order valence-electron chi connectivity index (χ0n) is 11.6. The summed E-state index contributed by atoms with van der Waals surface area (Å²) in [7, 11) is 0. The molecular weight excluding hydrogens is 316 g/mol. The van der Waals surface area contributed by atoms with Crippen LogP contribution in [-0.2, 0) is 38.2 Å². The van der Waals surface area contributed by atoms with Gasteiger partial charge in [-0.2, -0.15) is 0 Å². The lowest BCUT2D eigenvalue weighted by molar-refractivity contribution is -0.156. The molecule has 0 aromatic carbocycles. The molecule has 10 heteroatoms. The molecule has 0 rings (SSSR count).